The average Bonchev–Trinajstić information content (AvgIpc) is 2.19. The smallest absolute Gasteiger partial charge is 0.303 e. The number of hydrogen-bond acceptors (Lipinski definition) is 1. The summed E-state index contributed by atoms with van der Waals surface area (Å²) < 4.78 is 64.6. The molecule has 1 aromatic rings. The Morgan fingerprint density at radius 3 is 2.24 bits per heavy atom. The SMILES string of the molecule is CCNC(c1cc(F)c(C)cc1F)C(F)(F)F. The number of benzene rings is 1. The molecule has 0 spiro atoms. The van der Waals surface area contributed by atoms with Crippen LogP contribution in [0.15, 0.2) is 12.1 Å². The maximum Gasteiger partial charge on any atom is 0.408 e. The van der Waals surface area contributed by atoms with Crippen LogP contribution in [0.3, 0.4) is 0 Å². The Morgan fingerprint density at radius 2 is 1.76 bits per heavy atom. The summed E-state index contributed by atoms with van der Waals surface area (Å²) >= 11 is 0. The molecule has 0 amide bonds. The Labute approximate surface area is 95.6 Å². The van der Waals surface area contributed by atoms with Gasteiger partial charge in [0, 0.05) is 5.56 Å². The zero-order valence-electron chi connectivity index (χ0n) is 9.33. The topological polar surface area (TPSA) is 12.0 Å². The van der Waals surface area contributed by atoms with Crippen molar-refractivity contribution in [2.45, 2.75) is 26.1 Å². The van der Waals surface area contributed by atoms with Crippen LogP contribution in [0, 0.1) is 18.6 Å². The van der Waals surface area contributed by atoms with Crippen molar-refractivity contribution in [3.05, 3.63) is 34.9 Å². The van der Waals surface area contributed by atoms with Crippen molar-refractivity contribution in [1.82, 2.24) is 5.32 Å². The van der Waals surface area contributed by atoms with Crippen molar-refractivity contribution in [3.8, 4) is 0 Å². The van der Waals surface area contributed by atoms with Gasteiger partial charge >= 0.3 is 6.18 Å². The van der Waals surface area contributed by atoms with Gasteiger partial charge in [0.15, 0.2) is 0 Å². The van der Waals surface area contributed by atoms with E-state index in [2.05, 4.69) is 5.32 Å². The molecule has 0 bridgehead atoms. The first-order valence-corrected chi connectivity index (χ1v) is 5.03. The fourth-order valence-corrected chi connectivity index (χ4v) is 1.49. The molecule has 0 saturated heterocycles. The standard InChI is InChI=1S/C11H12F5N/c1-3-17-10(11(14,15)16)7-5-8(12)6(2)4-9(7)13/h4-5,10,17H,3H2,1-2H3. The minimum absolute atomic E-state index is 0.000881. The van der Waals surface area contributed by atoms with Crippen molar-refractivity contribution in [2.75, 3.05) is 6.54 Å². The molecular weight excluding hydrogens is 241 g/mol. The zero-order valence-corrected chi connectivity index (χ0v) is 9.33. The van der Waals surface area contributed by atoms with E-state index in [1.807, 2.05) is 0 Å². The molecule has 0 aromatic heterocycles. The first-order valence-electron chi connectivity index (χ1n) is 5.03. The van der Waals surface area contributed by atoms with Gasteiger partial charge in [0.25, 0.3) is 0 Å². The fraction of sp³-hybridized carbons (Fsp3) is 0.455. The monoisotopic (exact) mass is 253 g/mol. The molecule has 0 heterocycles. The third-order valence-corrected chi connectivity index (χ3v) is 2.32. The maximum atomic E-state index is 13.4. The predicted octanol–water partition coefficient (Wildman–Crippen LogP) is 3.49. The summed E-state index contributed by atoms with van der Waals surface area (Å²) in [7, 11) is 0. The van der Waals surface area contributed by atoms with Crippen LogP contribution in [0.4, 0.5) is 22.0 Å². The van der Waals surface area contributed by atoms with Crippen LogP contribution in [0.2, 0.25) is 0 Å². The van der Waals surface area contributed by atoms with Crippen LogP contribution < -0.4 is 5.32 Å². The molecule has 96 valence electrons. The van der Waals surface area contributed by atoms with Gasteiger partial charge in [-0.3, -0.25) is 0 Å². The van der Waals surface area contributed by atoms with Gasteiger partial charge in [-0.2, -0.15) is 13.2 Å². The van der Waals surface area contributed by atoms with E-state index >= 15 is 0 Å². The number of nitrogens with one attached hydrogen (secondary N) is 1. The minimum atomic E-state index is -4.67. The van der Waals surface area contributed by atoms with Crippen LogP contribution in [0.1, 0.15) is 24.1 Å². The molecule has 1 N–H and O–H groups in total. The molecule has 0 radical (unpaired) electrons. The van der Waals surface area contributed by atoms with Gasteiger partial charge in [-0.1, -0.05) is 6.92 Å². The van der Waals surface area contributed by atoms with E-state index in [9.17, 15) is 22.0 Å². The van der Waals surface area contributed by atoms with E-state index in [1.165, 1.54) is 13.8 Å². The maximum absolute atomic E-state index is 13.4. The summed E-state index contributed by atoms with van der Waals surface area (Å²) in [6, 6.07) is -0.839. The summed E-state index contributed by atoms with van der Waals surface area (Å²) in [5, 5.41) is 2.09. The highest BCUT2D eigenvalue weighted by molar-refractivity contribution is 5.28. The van der Waals surface area contributed by atoms with Crippen LogP contribution in [-0.2, 0) is 0 Å². The molecule has 1 nitrogen and oxygen atoms in total. The molecule has 0 aliphatic heterocycles. The minimum Gasteiger partial charge on any atom is -0.303 e. The average molecular weight is 253 g/mol. The van der Waals surface area contributed by atoms with Crippen LogP contribution >= 0.6 is 0 Å². The first kappa shape index (κ1) is 13.9. The third kappa shape index (κ3) is 3.15. The molecule has 6 heteroatoms. The molecule has 1 rings (SSSR count). The van der Waals surface area contributed by atoms with Gasteiger partial charge in [0.1, 0.15) is 17.7 Å². The second-order valence-corrected chi connectivity index (χ2v) is 3.66. The molecule has 0 aliphatic rings. The van der Waals surface area contributed by atoms with Gasteiger partial charge < -0.3 is 5.32 Å². The molecule has 1 atom stereocenters. The lowest BCUT2D eigenvalue weighted by Gasteiger charge is -2.22. The Bertz CT molecular complexity index is 400. The normalized spacial score (nSPS) is 13.8. The van der Waals surface area contributed by atoms with Gasteiger partial charge in [0.05, 0.1) is 0 Å². The largest absolute Gasteiger partial charge is 0.408 e. The summed E-state index contributed by atoms with van der Waals surface area (Å²) in [4.78, 5) is 0. The summed E-state index contributed by atoms with van der Waals surface area (Å²) in [5.74, 6) is -1.92. The van der Waals surface area contributed by atoms with Crippen LogP contribution in [0.5, 0.6) is 0 Å². The number of alkyl halides is 3. The van der Waals surface area contributed by atoms with E-state index in [4.69, 9.17) is 0 Å². The Hall–Kier alpha value is -1.17. The number of halogens is 5. The van der Waals surface area contributed by atoms with Crippen LogP contribution in [0.25, 0.3) is 0 Å². The van der Waals surface area contributed by atoms with E-state index in [1.54, 1.807) is 0 Å². The number of rotatable bonds is 3. The van der Waals surface area contributed by atoms with Crippen molar-refractivity contribution in [2.24, 2.45) is 0 Å². The second-order valence-electron chi connectivity index (χ2n) is 3.66. The fourth-order valence-electron chi connectivity index (χ4n) is 1.49. The quantitative estimate of drug-likeness (QED) is 0.813. The van der Waals surface area contributed by atoms with Crippen molar-refractivity contribution < 1.29 is 22.0 Å². The second kappa shape index (κ2) is 5.00. The summed E-state index contributed by atoms with van der Waals surface area (Å²) in [5.41, 5.74) is -0.744. The molecule has 0 saturated carbocycles. The van der Waals surface area contributed by atoms with Crippen molar-refractivity contribution in [3.63, 3.8) is 0 Å². The Balaban J connectivity index is 3.23. The lowest BCUT2D eigenvalue weighted by molar-refractivity contribution is -0.158. The third-order valence-electron chi connectivity index (χ3n) is 2.32. The lowest BCUT2D eigenvalue weighted by atomic mass is 10.0. The van der Waals surface area contributed by atoms with Crippen molar-refractivity contribution in [1.29, 1.82) is 0 Å². The number of hydrogen-bond donors (Lipinski definition) is 1. The molecule has 0 aliphatic carbocycles. The van der Waals surface area contributed by atoms with Crippen LogP contribution in [-0.4, -0.2) is 12.7 Å². The Morgan fingerprint density at radius 1 is 1.18 bits per heavy atom. The molecule has 1 unspecified atom stereocenters. The Kier molecular flexibility index (Phi) is 4.08. The van der Waals surface area contributed by atoms with E-state index in [0.717, 1.165) is 6.07 Å². The van der Waals surface area contributed by atoms with E-state index < -0.39 is 29.4 Å². The van der Waals surface area contributed by atoms with Crippen molar-refractivity contribution >= 4 is 0 Å². The predicted molar refractivity (Wildman–Crippen MR) is 53.6 cm³/mol. The number of aryl methyl sites for hydroxylation is 1. The highest BCUT2D eigenvalue weighted by atomic mass is 19.4. The molecule has 0 fully saturated rings. The molecule has 1 aromatic carbocycles. The molecule has 17 heavy (non-hydrogen) atoms. The molecular formula is C11H12F5N. The zero-order chi connectivity index (χ0) is 13.2. The van der Waals surface area contributed by atoms with E-state index in [0.29, 0.717) is 6.07 Å². The lowest BCUT2D eigenvalue weighted by Crippen LogP contribution is -2.34. The van der Waals surface area contributed by atoms with Gasteiger partial charge in [-0.15, -0.1) is 0 Å². The van der Waals surface area contributed by atoms with Gasteiger partial charge in [0.2, 0.25) is 0 Å². The van der Waals surface area contributed by atoms with E-state index in [-0.39, 0.29) is 12.1 Å². The van der Waals surface area contributed by atoms with Gasteiger partial charge in [-0.05, 0) is 31.2 Å². The van der Waals surface area contributed by atoms with Gasteiger partial charge in [-0.25, -0.2) is 8.78 Å². The summed E-state index contributed by atoms with van der Waals surface area (Å²) in [6.45, 7) is 2.75. The highest BCUT2D eigenvalue weighted by Crippen LogP contribution is 2.34. The highest BCUT2D eigenvalue weighted by Gasteiger charge is 2.41. The summed E-state index contributed by atoms with van der Waals surface area (Å²) in [6.07, 6.45) is -4.67. The first-order chi connectivity index (χ1) is 7.77.